The van der Waals surface area contributed by atoms with Crippen LogP contribution in [0.1, 0.15) is 38.5 Å². The third-order valence-corrected chi connectivity index (χ3v) is 6.07. The lowest BCUT2D eigenvalue weighted by atomic mass is 9.95. The second-order valence-electron chi connectivity index (χ2n) is 7.83. The lowest BCUT2D eigenvalue weighted by Gasteiger charge is -2.22. The molecule has 0 atom stereocenters. The summed E-state index contributed by atoms with van der Waals surface area (Å²) in [6.45, 7) is 0.300. The molecule has 0 amide bonds. The lowest BCUT2D eigenvalue weighted by Crippen LogP contribution is -2.15. The summed E-state index contributed by atoms with van der Waals surface area (Å²) in [5.41, 5.74) is 7.08. The number of carbonyl (C=O) groups is 1. The van der Waals surface area contributed by atoms with Crippen molar-refractivity contribution in [1.82, 2.24) is 0 Å². The van der Waals surface area contributed by atoms with Gasteiger partial charge in [0, 0.05) is 23.5 Å². The van der Waals surface area contributed by atoms with E-state index in [1.807, 2.05) is 67.1 Å². The van der Waals surface area contributed by atoms with Crippen LogP contribution in [0.25, 0.3) is 11.1 Å². The molecule has 149 valence electrons. The third-order valence-electron chi connectivity index (χ3n) is 6.07. The average Bonchev–Trinajstić information content (AvgIpc) is 3.14. The van der Waals surface area contributed by atoms with Crippen molar-refractivity contribution in [3.63, 3.8) is 0 Å². The van der Waals surface area contributed by atoms with Crippen molar-refractivity contribution in [2.24, 2.45) is 0 Å². The minimum absolute atomic E-state index is 0.0387. The molecular weight excluding hydrogens is 384 g/mol. The quantitative estimate of drug-likeness (QED) is 0.329. The summed E-state index contributed by atoms with van der Waals surface area (Å²) in [7, 11) is 0. The van der Waals surface area contributed by atoms with Gasteiger partial charge in [-0.3, -0.25) is 0 Å². The van der Waals surface area contributed by atoms with Crippen LogP contribution >= 0.6 is 0 Å². The molecule has 0 unspecified atom stereocenters. The maximum Gasteiger partial charge on any atom is 0.338 e. The van der Waals surface area contributed by atoms with Crippen molar-refractivity contribution in [2.75, 3.05) is 6.61 Å². The maximum atomic E-state index is 13.1. The highest BCUT2D eigenvalue weighted by atomic mass is 16.5. The predicted octanol–water partition coefficient (Wildman–Crippen LogP) is 6.36. The average molecular weight is 403 g/mol. The van der Waals surface area contributed by atoms with Gasteiger partial charge in [-0.1, -0.05) is 72.8 Å². The van der Waals surface area contributed by atoms with Gasteiger partial charge in [0.1, 0.15) is 18.1 Å². The second-order valence-corrected chi connectivity index (χ2v) is 7.83. The number of rotatable bonds is 3. The largest absolute Gasteiger partial charge is 0.461 e. The van der Waals surface area contributed by atoms with Gasteiger partial charge in [-0.05, 0) is 40.5 Å². The molecule has 1 aliphatic carbocycles. The monoisotopic (exact) mass is 403 g/mol. The molecule has 0 spiro atoms. The summed E-state index contributed by atoms with van der Waals surface area (Å²) in [6.07, 6.45) is 1.99. The normalized spacial score (nSPS) is 13.4. The van der Waals surface area contributed by atoms with Gasteiger partial charge in [0.2, 0.25) is 0 Å². The van der Waals surface area contributed by atoms with Crippen molar-refractivity contribution in [3.05, 3.63) is 125 Å². The van der Waals surface area contributed by atoms with Gasteiger partial charge in [-0.2, -0.15) is 0 Å². The minimum Gasteiger partial charge on any atom is -0.461 e. The van der Waals surface area contributed by atoms with Crippen molar-refractivity contribution in [3.8, 4) is 22.6 Å². The van der Waals surface area contributed by atoms with Crippen LogP contribution in [0.5, 0.6) is 11.5 Å². The highest BCUT2D eigenvalue weighted by molar-refractivity contribution is 5.93. The van der Waals surface area contributed by atoms with Gasteiger partial charge in [0.15, 0.2) is 0 Å². The zero-order valence-electron chi connectivity index (χ0n) is 16.7. The first kappa shape index (κ1) is 18.0. The molecule has 0 saturated carbocycles. The fraction of sp³-hybridized carbons (Fsp3) is 0.0714. The van der Waals surface area contributed by atoms with E-state index < -0.39 is 0 Å². The number of fused-ring (bicyclic) bond motifs is 5. The van der Waals surface area contributed by atoms with E-state index in [0.29, 0.717) is 17.9 Å². The van der Waals surface area contributed by atoms with Crippen LogP contribution in [-0.4, -0.2) is 12.6 Å². The summed E-state index contributed by atoms with van der Waals surface area (Å²) >= 11 is 0. The van der Waals surface area contributed by atoms with Crippen molar-refractivity contribution in [1.29, 1.82) is 0 Å². The zero-order valence-corrected chi connectivity index (χ0v) is 16.7. The summed E-state index contributed by atoms with van der Waals surface area (Å²) < 4.78 is 11.9. The number of benzene rings is 4. The molecule has 0 bridgehead atoms. The Labute approximate surface area is 180 Å². The van der Waals surface area contributed by atoms with E-state index in [9.17, 15) is 4.79 Å². The first-order valence-electron chi connectivity index (χ1n) is 10.4. The van der Waals surface area contributed by atoms with Crippen LogP contribution in [-0.2, 0) is 4.74 Å². The topological polar surface area (TPSA) is 35.5 Å². The first-order chi connectivity index (χ1) is 15.3. The number of hydrogen-bond donors (Lipinski definition) is 0. The molecule has 2 aliphatic rings. The van der Waals surface area contributed by atoms with Gasteiger partial charge >= 0.3 is 5.97 Å². The molecule has 0 N–H and O–H groups in total. The number of esters is 1. The van der Waals surface area contributed by atoms with E-state index in [2.05, 4.69) is 24.3 Å². The number of ether oxygens (including phenoxy) is 2. The summed E-state index contributed by atoms with van der Waals surface area (Å²) in [5.74, 6) is 1.17. The lowest BCUT2D eigenvalue weighted by molar-refractivity contribution is 0.0492. The van der Waals surface area contributed by atoms with E-state index in [-0.39, 0.29) is 11.9 Å². The summed E-state index contributed by atoms with van der Waals surface area (Å²) in [4.78, 5) is 13.1. The van der Waals surface area contributed by atoms with Crippen LogP contribution < -0.4 is 4.74 Å². The molecule has 1 aliphatic heterocycles. The summed E-state index contributed by atoms with van der Waals surface area (Å²) in [6, 6.07) is 30.0. The Kier molecular flexibility index (Phi) is 4.13. The Bertz CT molecular complexity index is 1280. The SMILES string of the molecule is O=C(OCC1c2ccccc2-c2ccccc21)c1cccc2c1[CH]c1ccccc1O2. The third kappa shape index (κ3) is 2.93. The van der Waals surface area contributed by atoms with E-state index in [4.69, 9.17) is 9.47 Å². The molecule has 4 aromatic rings. The second kappa shape index (κ2) is 7.13. The molecule has 4 aromatic carbocycles. The van der Waals surface area contributed by atoms with Crippen LogP contribution in [0.15, 0.2) is 91.0 Å². The van der Waals surface area contributed by atoms with E-state index >= 15 is 0 Å². The van der Waals surface area contributed by atoms with Gasteiger partial charge in [0.05, 0.1) is 5.56 Å². The molecular formula is C28H19O3. The summed E-state index contributed by atoms with van der Waals surface area (Å²) in [5, 5.41) is 0. The predicted molar refractivity (Wildman–Crippen MR) is 119 cm³/mol. The van der Waals surface area contributed by atoms with E-state index in [1.165, 1.54) is 22.3 Å². The van der Waals surface area contributed by atoms with Gasteiger partial charge in [-0.25, -0.2) is 4.79 Å². The van der Waals surface area contributed by atoms with E-state index in [1.54, 1.807) is 6.07 Å². The first-order valence-corrected chi connectivity index (χ1v) is 10.4. The fourth-order valence-electron chi connectivity index (χ4n) is 4.60. The van der Waals surface area contributed by atoms with Gasteiger partial charge < -0.3 is 9.47 Å². The molecule has 0 saturated heterocycles. The highest BCUT2D eigenvalue weighted by Gasteiger charge is 2.30. The van der Waals surface area contributed by atoms with Crippen molar-refractivity contribution >= 4 is 5.97 Å². The van der Waals surface area contributed by atoms with Crippen LogP contribution in [0.3, 0.4) is 0 Å². The Balaban J connectivity index is 1.28. The maximum absolute atomic E-state index is 13.1. The molecule has 1 heterocycles. The number of hydrogen-bond acceptors (Lipinski definition) is 3. The molecule has 0 aromatic heterocycles. The van der Waals surface area contributed by atoms with Crippen molar-refractivity contribution in [2.45, 2.75) is 5.92 Å². The molecule has 31 heavy (non-hydrogen) atoms. The smallest absolute Gasteiger partial charge is 0.338 e. The van der Waals surface area contributed by atoms with E-state index in [0.717, 1.165) is 16.9 Å². The minimum atomic E-state index is -0.335. The zero-order chi connectivity index (χ0) is 20.8. The molecule has 3 heteroatoms. The van der Waals surface area contributed by atoms with Crippen LogP contribution in [0.2, 0.25) is 0 Å². The molecule has 3 nitrogen and oxygen atoms in total. The van der Waals surface area contributed by atoms with Crippen LogP contribution in [0, 0.1) is 6.42 Å². The Morgan fingerprint density at radius 1 is 0.742 bits per heavy atom. The molecule has 1 radical (unpaired) electrons. The Morgan fingerprint density at radius 2 is 1.39 bits per heavy atom. The highest BCUT2D eigenvalue weighted by Crippen LogP contribution is 2.45. The number of para-hydroxylation sites is 1. The van der Waals surface area contributed by atoms with Crippen LogP contribution in [0.4, 0.5) is 0 Å². The molecule has 6 rings (SSSR count). The van der Waals surface area contributed by atoms with Gasteiger partial charge in [-0.15, -0.1) is 0 Å². The standard InChI is InChI=1S/C28H19O3/c29-28(23-13-7-15-27-24(23)16-18-8-1-6-14-26(18)31-27)30-17-25-21-11-4-2-9-19(21)20-10-3-5-12-22(20)25/h1-16,25H,17H2. The molecule has 0 fully saturated rings. The fourth-order valence-corrected chi connectivity index (χ4v) is 4.60. The number of carbonyl (C=O) groups excluding carboxylic acids is 1. The van der Waals surface area contributed by atoms with Gasteiger partial charge in [0.25, 0.3) is 0 Å². The van der Waals surface area contributed by atoms with Crippen molar-refractivity contribution < 1.29 is 14.3 Å². The Hall–Kier alpha value is -3.85. The Morgan fingerprint density at radius 3 is 2.16 bits per heavy atom.